The van der Waals surface area contributed by atoms with E-state index in [1.807, 2.05) is 18.2 Å². The molecule has 3 rings (SSSR count). The summed E-state index contributed by atoms with van der Waals surface area (Å²) in [6.07, 6.45) is 3.87. The Labute approximate surface area is 136 Å². The highest BCUT2D eigenvalue weighted by atomic mass is 16.5. The Morgan fingerprint density at radius 2 is 2.09 bits per heavy atom. The lowest BCUT2D eigenvalue weighted by Crippen LogP contribution is -2.47. The van der Waals surface area contributed by atoms with Crippen LogP contribution in [0.25, 0.3) is 0 Å². The number of nitrogens with zero attached hydrogens (tertiary/aromatic N) is 1. The van der Waals surface area contributed by atoms with Crippen LogP contribution in [0.4, 0.5) is 10.5 Å². The summed E-state index contributed by atoms with van der Waals surface area (Å²) in [4.78, 5) is 26.3. The van der Waals surface area contributed by atoms with Gasteiger partial charge in [0.25, 0.3) is 0 Å². The molecule has 0 bridgehead atoms. The van der Waals surface area contributed by atoms with Crippen molar-refractivity contribution >= 4 is 17.6 Å². The standard InChI is InChI=1S/C17H23N3O3/c1-23-15-6-2-5-14(10-15)19-17(22)20-9-3-4-12(11-20)16(21)18-13-7-8-13/h2,5-6,10,12-13H,3-4,7-9,11H2,1H3,(H,18,21)(H,19,22). The van der Waals surface area contributed by atoms with E-state index in [0.717, 1.165) is 25.7 Å². The molecule has 1 unspecified atom stereocenters. The maximum atomic E-state index is 12.4. The number of ether oxygens (including phenoxy) is 1. The minimum absolute atomic E-state index is 0.0892. The molecule has 1 aromatic carbocycles. The molecule has 1 aliphatic carbocycles. The second-order valence-electron chi connectivity index (χ2n) is 6.23. The molecule has 23 heavy (non-hydrogen) atoms. The quantitative estimate of drug-likeness (QED) is 0.894. The van der Waals surface area contributed by atoms with Gasteiger partial charge in [-0.15, -0.1) is 0 Å². The van der Waals surface area contributed by atoms with Gasteiger partial charge in [0, 0.05) is 30.9 Å². The van der Waals surface area contributed by atoms with E-state index >= 15 is 0 Å². The molecule has 1 atom stereocenters. The molecule has 1 saturated heterocycles. The third-order valence-electron chi connectivity index (χ3n) is 4.32. The van der Waals surface area contributed by atoms with Crippen LogP contribution in [0.3, 0.4) is 0 Å². The second kappa shape index (κ2) is 6.89. The molecule has 1 aromatic rings. The third kappa shape index (κ3) is 4.15. The largest absolute Gasteiger partial charge is 0.497 e. The Morgan fingerprint density at radius 3 is 2.83 bits per heavy atom. The number of amides is 3. The van der Waals surface area contributed by atoms with Gasteiger partial charge in [-0.2, -0.15) is 0 Å². The first-order chi connectivity index (χ1) is 11.2. The average Bonchev–Trinajstić information content (AvgIpc) is 3.39. The van der Waals surface area contributed by atoms with Crippen molar-refractivity contribution in [2.45, 2.75) is 31.7 Å². The first-order valence-electron chi connectivity index (χ1n) is 8.16. The highest BCUT2D eigenvalue weighted by Crippen LogP contribution is 2.23. The van der Waals surface area contributed by atoms with Crippen LogP contribution in [-0.2, 0) is 4.79 Å². The van der Waals surface area contributed by atoms with Crippen LogP contribution in [0, 0.1) is 5.92 Å². The molecular weight excluding hydrogens is 294 g/mol. The number of urea groups is 1. The number of methoxy groups -OCH3 is 1. The monoisotopic (exact) mass is 317 g/mol. The van der Waals surface area contributed by atoms with Gasteiger partial charge in [0.2, 0.25) is 5.91 Å². The lowest BCUT2D eigenvalue weighted by atomic mass is 9.97. The van der Waals surface area contributed by atoms with Crippen LogP contribution in [-0.4, -0.2) is 43.1 Å². The van der Waals surface area contributed by atoms with E-state index in [1.165, 1.54) is 0 Å². The minimum Gasteiger partial charge on any atom is -0.497 e. The highest BCUT2D eigenvalue weighted by molar-refractivity contribution is 5.90. The van der Waals surface area contributed by atoms with Gasteiger partial charge in [0.1, 0.15) is 5.75 Å². The molecule has 1 aliphatic heterocycles. The first-order valence-corrected chi connectivity index (χ1v) is 8.16. The molecule has 1 saturated carbocycles. The Hall–Kier alpha value is -2.24. The zero-order valence-corrected chi connectivity index (χ0v) is 13.4. The summed E-state index contributed by atoms with van der Waals surface area (Å²) < 4.78 is 5.16. The molecule has 2 N–H and O–H groups in total. The molecule has 0 aromatic heterocycles. The van der Waals surface area contributed by atoms with Crippen LogP contribution < -0.4 is 15.4 Å². The summed E-state index contributed by atoms with van der Waals surface area (Å²) in [6, 6.07) is 7.46. The number of hydrogen-bond acceptors (Lipinski definition) is 3. The lowest BCUT2D eigenvalue weighted by Gasteiger charge is -2.32. The summed E-state index contributed by atoms with van der Waals surface area (Å²) in [5.74, 6) is 0.690. The maximum Gasteiger partial charge on any atom is 0.321 e. The molecule has 3 amide bonds. The number of benzene rings is 1. The second-order valence-corrected chi connectivity index (χ2v) is 6.23. The lowest BCUT2D eigenvalue weighted by molar-refractivity contribution is -0.126. The average molecular weight is 317 g/mol. The van der Waals surface area contributed by atoms with Crippen molar-refractivity contribution in [2.75, 3.05) is 25.5 Å². The van der Waals surface area contributed by atoms with Gasteiger partial charge in [-0.3, -0.25) is 4.79 Å². The van der Waals surface area contributed by atoms with Crippen molar-refractivity contribution in [1.29, 1.82) is 0 Å². The SMILES string of the molecule is COc1cccc(NC(=O)N2CCCC(C(=O)NC3CC3)C2)c1. The van der Waals surface area contributed by atoms with Crippen molar-refractivity contribution < 1.29 is 14.3 Å². The van der Waals surface area contributed by atoms with Gasteiger partial charge in [-0.1, -0.05) is 6.07 Å². The van der Waals surface area contributed by atoms with Crippen LogP contribution in [0.1, 0.15) is 25.7 Å². The molecule has 6 nitrogen and oxygen atoms in total. The van der Waals surface area contributed by atoms with Gasteiger partial charge in [0.05, 0.1) is 13.0 Å². The summed E-state index contributed by atoms with van der Waals surface area (Å²) in [7, 11) is 1.59. The Morgan fingerprint density at radius 1 is 1.26 bits per heavy atom. The fraction of sp³-hybridized carbons (Fsp3) is 0.529. The fourth-order valence-electron chi connectivity index (χ4n) is 2.83. The number of rotatable bonds is 4. The highest BCUT2D eigenvalue weighted by Gasteiger charge is 2.31. The molecule has 0 spiro atoms. The maximum absolute atomic E-state index is 12.4. The Balaban J connectivity index is 1.56. The Kier molecular flexibility index (Phi) is 4.69. The zero-order chi connectivity index (χ0) is 16.2. The van der Waals surface area contributed by atoms with Crippen LogP contribution >= 0.6 is 0 Å². The van der Waals surface area contributed by atoms with Crippen molar-refractivity contribution in [3.8, 4) is 5.75 Å². The van der Waals surface area contributed by atoms with E-state index < -0.39 is 0 Å². The number of carbonyl (C=O) groups excluding carboxylic acids is 2. The predicted octanol–water partition coefficient (Wildman–Crippen LogP) is 2.22. The fourth-order valence-corrected chi connectivity index (χ4v) is 2.83. The van der Waals surface area contributed by atoms with Gasteiger partial charge in [0.15, 0.2) is 0 Å². The van der Waals surface area contributed by atoms with Crippen LogP contribution in [0.5, 0.6) is 5.75 Å². The molecule has 2 aliphatic rings. The van der Waals surface area contributed by atoms with Crippen molar-refractivity contribution in [2.24, 2.45) is 5.92 Å². The molecule has 1 heterocycles. The number of nitrogens with one attached hydrogen (secondary N) is 2. The summed E-state index contributed by atoms with van der Waals surface area (Å²) in [6.45, 7) is 1.16. The van der Waals surface area contributed by atoms with E-state index in [0.29, 0.717) is 30.6 Å². The van der Waals surface area contributed by atoms with E-state index in [1.54, 1.807) is 18.1 Å². The smallest absolute Gasteiger partial charge is 0.321 e. The Bertz CT molecular complexity index is 586. The molecule has 0 radical (unpaired) electrons. The van der Waals surface area contributed by atoms with Gasteiger partial charge in [-0.05, 0) is 37.8 Å². The van der Waals surface area contributed by atoms with Crippen molar-refractivity contribution in [1.82, 2.24) is 10.2 Å². The number of hydrogen-bond donors (Lipinski definition) is 2. The molecule has 6 heteroatoms. The topological polar surface area (TPSA) is 70.7 Å². The summed E-state index contributed by atoms with van der Waals surface area (Å²) in [5, 5.41) is 5.91. The molecular formula is C17H23N3O3. The normalized spacial score (nSPS) is 20.7. The van der Waals surface area contributed by atoms with Crippen LogP contribution in [0.2, 0.25) is 0 Å². The van der Waals surface area contributed by atoms with Gasteiger partial charge >= 0.3 is 6.03 Å². The minimum atomic E-state index is -0.165. The van der Waals surface area contributed by atoms with E-state index in [2.05, 4.69) is 10.6 Å². The van der Waals surface area contributed by atoms with Crippen molar-refractivity contribution in [3.63, 3.8) is 0 Å². The number of piperidine rings is 1. The molecule has 2 fully saturated rings. The third-order valence-corrected chi connectivity index (χ3v) is 4.32. The van der Waals surface area contributed by atoms with E-state index in [9.17, 15) is 9.59 Å². The summed E-state index contributed by atoms with van der Waals surface area (Å²) in [5.41, 5.74) is 0.693. The van der Waals surface area contributed by atoms with Gasteiger partial charge < -0.3 is 20.3 Å². The predicted molar refractivity (Wildman–Crippen MR) is 87.5 cm³/mol. The van der Waals surface area contributed by atoms with E-state index in [4.69, 9.17) is 4.74 Å². The summed E-state index contributed by atoms with van der Waals surface area (Å²) >= 11 is 0. The number of anilines is 1. The first kappa shape index (κ1) is 15.6. The number of likely N-dealkylation sites (tertiary alicyclic amines) is 1. The van der Waals surface area contributed by atoms with Crippen molar-refractivity contribution in [3.05, 3.63) is 24.3 Å². The number of carbonyl (C=O) groups is 2. The van der Waals surface area contributed by atoms with E-state index in [-0.39, 0.29) is 17.9 Å². The molecule has 124 valence electrons. The van der Waals surface area contributed by atoms with Gasteiger partial charge in [-0.25, -0.2) is 4.79 Å². The zero-order valence-electron chi connectivity index (χ0n) is 13.4. The van der Waals surface area contributed by atoms with Crippen LogP contribution in [0.15, 0.2) is 24.3 Å².